The van der Waals surface area contributed by atoms with Crippen molar-refractivity contribution in [2.24, 2.45) is 0 Å². The molecule has 0 heterocycles. The minimum atomic E-state index is 0.347. The molecule has 0 nitrogen and oxygen atoms in total. The van der Waals surface area contributed by atoms with Crippen molar-refractivity contribution in [2.75, 3.05) is 0 Å². The molecule has 96 valence electrons. The van der Waals surface area contributed by atoms with Gasteiger partial charge in [-0.3, -0.25) is 0 Å². The Bertz CT molecular complexity index is 515. The fourth-order valence-electron chi connectivity index (χ4n) is 1.43. The van der Waals surface area contributed by atoms with Crippen LogP contribution in [-0.4, -0.2) is 15.0 Å². The van der Waals surface area contributed by atoms with E-state index in [1.54, 1.807) is 0 Å². The van der Waals surface area contributed by atoms with Gasteiger partial charge in [-0.2, -0.15) is 0 Å². The van der Waals surface area contributed by atoms with Gasteiger partial charge in [0.25, 0.3) is 0 Å². The summed E-state index contributed by atoms with van der Waals surface area (Å²) in [5.41, 5.74) is 2.34. The Labute approximate surface area is 129 Å². The molecule has 0 aromatic heterocycles. The minimum absolute atomic E-state index is 0.347. The van der Waals surface area contributed by atoms with Crippen molar-refractivity contribution < 1.29 is 0 Å². The predicted molar refractivity (Wildman–Crippen MR) is 86.7 cm³/mol. The Kier molecular flexibility index (Phi) is 5.75. The van der Waals surface area contributed by atoms with E-state index in [1.807, 2.05) is 48.5 Å². The van der Waals surface area contributed by atoms with Gasteiger partial charge in [0.1, 0.15) is 0 Å². The molecule has 0 fully saturated rings. The van der Waals surface area contributed by atoms with Crippen molar-refractivity contribution in [3.63, 3.8) is 0 Å². The molecular weight excluding hydrogens is 342 g/mol. The number of hydrogen-bond acceptors (Lipinski definition) is 0. The standard InChI is InChI=1S/C16H12Cl2Se/c17-15-5-1-13(2-6-15)9-11-19-12-10-14-3-7-16(18)8-4-14/h1-12H/b11-9+,12-10+. The van der Waals surface area contributed by atoms with Gasteiger partial charge in [-0.05, 0) is 0 Å². The first-order valence-electron chi connectivity index (χ1n) is 5.74. The van der Waals surface area contributed by atoms with E-state index in [2.05, 4.69) is 22.1 Å². The number of rotatable bonds is 4. The summed E-state index contributed by atoms with van der Waals surface area (Å²) in [5, 5.41) is 1.54. The summed E-state index contributed by atoms with van der Waals surface area (Å²) < 4.78 is 0. The van der Waals surface area contributed by atoms with E-state index in [1.165, 1.54) is 11.1 Å². The Morgan fingerprint density at radius 1 is 0.632 bits per heavy atom. The third-order valence-corrected chi connectivity index (χ3v) is 4.15. The van der Waals surface area contributed by atoms with E-state index in [9.17, 15) is 0 Å². The van der Waals surface area contributed by atoms with Gasteiger partial charge >= 0.3 is 130 Å². The maximum absolute atomic E-state index is 5.83. The molecule has 0 spiro atoms. The van der Waals surface area contributed by atoms with E-state index in [0.29, 0.717) is 15.0 Å². The van der Waals surface area contributed by atoms with E-state index in [0.717, 1.165) is 10.0 Å². The summed E-state index contributed by atoms with van der Waals surface area (Å²) in [7, 11) is 0. The molecule has 0 aliphatic rings. The molecule has 0 saturated heterocycles. The van der Waals surface area contributed by atoms with Gasteiger partial charge in [0.2, 0.25) is 0 Å². The molecule has 0 N–H and O–H groups in total. The molecule has 19 heavy (non-hydrogen) atoms. The topological polar surface area (TPSA) is 0 Å². The maximum atomic E-state index is 5.83. The molecule has 3 heteroatoms. The van der Waals surface area contributed by atoms with Gasteiger partial charge in [0, 0.05) is 0 Å². The molecule has 0 radical (unpaired) electrons. The van der Waals surface area contributed by atoms with Crippen LogP contribution in [0.4, 0.5) is 0 Å². The summed E-state index contributed by atoms with van der Waals surface area (Å²) in [6, 6.07) is 15.6. The van der Waals surface area contributed by atoms with Crippen LogP contribution in [0.2, 0.25) is 10.0 Å². The van der Waals surface area contributed by atoms with Crippen LogP contribution in [0.1, 0.15) is 11.1 Å². The number of halogens is 2. The molecule has 0 atom stereocenters. The summed E-state index contributed by atoms with van der Waals surface area (Å²) in [6.45, 7) is 0. The molecule has 0 saturated carbocycles. The quantitative estimate of drug-likeness (QED) is 0.651. The zero-order valence-electron chi connectivity index (χ0n) is 10.1. The molecule has 0 aliphatic heterocycles. The first-order chi connectivity index (χ1) is 9.24. The zero-order chi connectivity index (χ0) is 13.5. The van der Waals surface area contributed by atoms with Crippen LogP contribution in [0.15, 0.2) is 58.5 Å². The SMILES string of the molecule is Clc1ccc(/C=C/[Se]/C=C/c2ccc(Cl)cc2)cc1. The zero-order valence-corrected chi connectivity index (χ0v) is 13.3. The molecule has 2 aromatic rings. The van der Waals surface area contributed by atoms with E-state index >= 15 is 0 Å². The van der Waals surface area contributed by atoms with Crippen LogP contribution < -0.4 is 0 Å². The summed E-state index contributed by atoms with van der Waals surface area (Å²) in [5.74, 6) is 0. The Hall–Kier alpha value is -0.981. The van der Waals surface area contributed by atoms with Gasteiger partial charge in [0.05, 0.1) is 0 Å². The Morgan fingerprint density at radius 3 is 1.37 bits per heavy atom. The fourth-order valence-corrected chi connectivity index (χ4v) is 2.86. The summed E-state index contributed by atoms with van der Waals surface area (Å²) in [6.07, 6.45) is 4.23. The number of benzene rings is 2. The predicted octanol–water partition coefficient (Wildman–Crippen LogP) is 5.34. The fraction of sp³-hybridized carbons (Fsp3) is 0. The van der Waals surface area contributed by atoms with Crippen molar-refractivity contribution in [1.29, 1.82) is 0 Å². The van der Waals surface area contributed by atoms with Gasteiger partial charge in [-0.15, -0.1) is 0 Å². The second kappa shape index (κ2) is 7.57. The second-order valence-corrected chi connectivity index (χ2v) is 6.43. The number of hydrogen-bond donors (Lipinski definition) is 0. The normalized spacial score (nSPS) is 11.5. The molecule has 0 amide bonds. The van der Waals surface area contributed by atoms with Gasteiger partial charge in [-0.1, -0.05) is 0 Å². The van der Waals surface area contributed by atoms with Crippen molar-refractivity contribution >= 4 is 50.3 Å². The molecule has 0 aliphatic carbocycles. The Morgan fingerprint density at radius 2 is 1.00 bits per heavy atom. The van der Waals surface area contributed by atoms with E-state index < -0.39 is 0 Å². The first-order valence-corrected chi connectivity index (χ1v) is 8.47. The van der Waals surface area contributed by atoms with E-state index in [4.69, 9.17) is 23.2 Å². The van der Waals surface area contributed by atoms with Gasteiger partial charge in [0.15, 0.2) is 0 Å². The van der Waals surface area contributed by atoms with Crippen LogP contribution in [0.3, 0.4) is 0 Å². The van der Waals surface area contributed by atoms with Crippen LogP contribution >= 0.6 is 23.2 Å². The van der Waals surface area contributed by atoms with Crippen LogP contribution in [0, 0.1) is 0 Å². The Balaban J connectivity index is 1.86. The third-order valence-electron chi connectivity index (χ3n) is 2.42. The first kappa shape index (κ1) is 14.4. The van der Waals surface area contributed by atoms with Crippen molar-refractivity contribution in [3.8, 4) is 0 Å². The summed E-state index contributed by atoms with van der Waals surface area (Å²) >= 11 is 12.0. The average Bonchev–Trinajstić information content (AvgIpc) is 2.43. The molecule has 2 aromatic carbocycles. The van der Waals surface area contributed by atoms with E-state index in [-0.39, 0.29) is 0 Å². The van der Waals surface area contributed by atoms with Crippen LogP contribution in [-0.2, 0) is 0 Å². The summed E-state index contributed by atoms with van der Waals surface area (Å²) in [4.78, 5) is 4.37. The molecule has 0 bridgehead atoms. The molecular formula is C16H12Cl2Se. The van der Waals surface area contributed by atoms with Crippen LogP contribution in [0.25, 0.3) is 12.2 Å². The second-order valence-electron chi connectivity index (χ2n) is 3.84. The van der Waals surface area contributed by atoms with Gasteiger partial charge in [-0.25, -0.2) is 0 Å². The monoisotopic (exact) mass is 354 g/mol. The van der Waals surface area contributed by atoms with Crippen LogP contribution in [0.5, 0.6) is 0 Å². The third kappa shape index (κ3) is 5.26. The molecule has 2 rings (SSSR count). The molecule has 0 unspecified atom stereocenters. The van der Waals surface area contributed by atoms with Crippen molar-refractivity contribution in [3.05, 3.63) is 79.7 Å². The van der Waals surface area contributed by atoms with Gasteiger partial charge < -0.3 is 0 Å². The average molecular weight is 354 g/mol. The van der Waals surface area contributed by atoms with Crippen molar-refractivity contribution in [2.45, 2.75) is 0 Å². The van der Waals surface area contributed by atoms with Crippen molar-refractivity contribution in [1.82, 2.24) is 0 Å².